The number of nitrogen functional groups attached to an aromatic ring is 1. The Bertz CT molecular complexity index is 350. The Morgan fingerprint density at radius 3 is 2.50 bits per heavy atom. The second kappa shape index (κ2) is 4.08. The fourth-order valence-corrected chi connectivity index (χ4v) is 1.05. The van der Waals surface area contributed by atoms with Crippen LogP contribution in [0.1, 0.15) is 17.3 Å². The van der Waals surface area contributed by atoms with Crippen LogP contribution in [-0.4, -0.2) is 12.1 Å². The molecule has 0 spiro atoms. The lowest BCUT2D eigenvalue weighted by Crippen LogP contribution is -2.36. The van der Waals surface area contributed by atoms with E-state index in [4.69, 9.17) is 21.9 Å². The van der Waals surface area contributed by atoms with Crippen molar-refractivity contribution in [3.05, 3.63) is 23.8 Å². The summed E-state index contributed by atoms with van der Waals surface area (Å²) in [6.07, 6.45) is -0.920. The first-order chi connectivity index (χ1) is 6.49. The predicted octanol–water partition coefficient (Wildman–Crippen LogP) is 0.0512. The molecule has 1 rings (SSSR count). The number of Topliss-reactive ketones (excluding diaryl/α,β-unsaturated/α-hetero) is 1. The van der Waals surface area contributed by atoms with Gasteiger partial charge >= 0.3 is 0 Å². The molecule has 0 fully saturated rings. The van der Waals surface area contributed by atoms with E-state index in [0.717, 1.165) is 0 Å². The number of carbonyl (C=O) groups excluding carboxylic acids is 1. The highest BCUT2D eigenvalue weighted by Gasteiger charge is 2.05. The molecule has 0 aliphatic carbocycles. The number of benzene rings is 1. The first-order valence-electron chi connectivity index (χ1n) is 4.08. The van der Waals surface area contributed by atoms with Crippen molar-refractivity contribution in [3.63, 3.8) is 0 Å². The van der Waals surface area contributed by atoms with Gasteiger partial charge in [-0.2, -0.15) is 0 Å². The highest BCUT2D eigenvalue weighted by molar-refractivity contribution is 5.95. The first-order valence-corrected chi connectivity index (χ1v) is 4.08. The Hall–Kier alpha value is -1.59. The highest BCUT2D eigenvalue weighted by Crippen LogP contribution is 2.19. The molecule has 0 aliphatic rings. The van der Waals surface area contributed by atoms with Crippen molar-refractivity contribution in [2.24, 2.45) is 11.5 Å². The fraction of sp³-hybridized carbons (Fsp3) is 0.222. The van der Waals surface area contributed by atoms with E-state index in [9.17, 15) is 4.79 Å². The zero-order valence-electron chi connectivity index (χ0n) is 7.86. The maximum Gasteiger partial charge on any atom is 0.201 e. The van der Waals surface area contributed by atoms with Crippen molar-refractivity contribution in [2.45, 2.75) is 13.3 Å². The number of ketones is 1. The maximum atomic E-state index is 11.1. The minimum Gasteiger partial charge on any atom is -0.463 e. The van der Waals surface area contributed by atoms with Crippen LogP contribution in [0.3, 0.4) is 0 Å². The molecule has 0 heterocycles. The third-order valence-electron chi connectivity index (χ3n) is 1.61. The second-order valence-corrected chi connectivity index (χ2v) is 2.93. The zero-order chi connectivity index (χ0) is 10.7. The van der Waals surface area contributed by atoms with Crippen molar-refractivity contribution in [1.82, 2.24) is 0 Å². The predicted molar refractivity (Wildman–Crippen MR) is 53.6 cm³/mol. The monoisotopic (exact) mass is 195 g/mol. The van der Waals surface area contributed by atoms with Crippen LogP contribution in [-0.2, 0) is 0 Å². The van der Waals surface area contributed by atoms with E-state index in [1.165, 1.54) is 6.92 Å². The first kappa shape index (κ1) is 10.5. The number of anilines is 1. The fourth-order valence-electron chi connectivity index (χ4n) is 1.05. The summed E-state index contributed by atoms with van der Waals surface area (Å²) in [7, 11) is 0. The molecule has 76 valence electrons. The van der Waals surface area contributed by atoms with Gasteiger partial charge in [0.05, 0.1) is 0 Å². The molecule has 5 heteroatoms. The standard InChI is InChI=1S/C9H13N3O2/c1-5(13)6-2-7(10)4-8(3-6)14-9(11)12/h2-4,9H,10-12H2,1H3. The van der Waals surface area contributed by atoms with Gasteiger partial charge in [-0.3, -0.25) is 16.3 Å². The average molecular weight is 195 g/mol. The van der Waals surface area contributed by atoms with Gasteiger partial charge in [-0.25, -0.2) is 0 Å². The smallest absolute Gasteiger partial charge is 0.201 e. The molecule has 14 heavy (non-hydrogen) atoms. The van der Waals surface area contributed by atoms with Crippen LogP contribution in [0.4, 0.5) is 5.69 Å². The molecule has 5 nitrogen and oxygen atoms in total. The number of hydrogen-bond acceptors (Lipinski definition) is 5. The summed E-state index contributed by atoms with van der Waals surface area (Å²) in [5.74, 6) is 0.304. The maximum absolute atomic E-state index is 11.1. The van der Waals surface area contributed by atoms with Crippen molar-refractivity contribution >= 4 is 11.5 Å². The van der Waals surface area contributed by atoms with E-state index >= 15 is 0 Å². The molecular formula is C9H13N3O2. The lowest BCUT2D eigenvalue weighted by molar-refractivity contribution is 0.101. The number of carbonyl (C=O) groups is 1. The van der Waals surface area contributed by atoms with Gasteiger partial charge in [-0.15, -0.1) is 0 Å². The summed E-state index contributed by atoms with van der Waals surface area (Å²) in [6, 6.07) is 4.67. The molecule has 1 aromatic rings. The van der Waals surface area contributed by atoms with Crippen LogP contribution in [0, 0.1) is 0 Å². The summed E-state index contributed by atoms with van der Waals surface area (Å²) in [5.41, 5.74) is 16.9. The van der Waals surface area contributed by atoms with Gasteiger partial charge in [0.1, 0.15) is 5.75 Å². The topological polar surface area (TPSA) is 104 Å². The Morgan fingerprint density at radius 2 is 2.00 bits per heavy atom. The third-order valence-corrected chi connectivity index (χ3v) is 1.61. The van der Waals surface area contributed by atoms with Crippen molar-refractivity contribution in [1.29, 1.82) is 0 Å². The van der Waals surface area contributed by atoms with Gasteiger partial charge in [0.2, 0.25) is 6.35 Å². The van der Waals surface area contributed by atoms with Crippen LogP contribution in [0.25, 0.3) is 0 Å². The molecule has 0 saturated heterocycles. The summed E-state index contributed by atoms with van der Waals surface area (Å²) in [4.78, 5) is 11.1. The van der Waals surface area contributed by atoms with Gasteiger partial charge in [0, 0.05) is 17.3 Å². The van der Waals surface area contributed by atoms with E-state index in [0.29, 0.717) is 17.0 Å². The Kier molecular flexibility index (Phi) is 3.06. The van der Waals surface area contributed by atoms with Crippen LogP contribution < -0.4 is 21.9 Å². The molecule has 0 atom stereocenters. The Morgan fingerprint density at radius 1 is 1.36 bits per heavy atom. The zero-order valence-corrected chi connectivity index (χ0v) is 7.86. The second-order valence-electron chi connectivity index (χ2n) is 2.93. The van der Waals surface area contributed by atoms with E-state index in [-0.39, 0.29) is 5.78 Å². The number of ether oxygens (including phenoxy) is 1. The van der Waals surface area contributed by atoms with Gasteiger partial charge in [-0.05, 0) is 19.1 Å². The van der Waals surface area contributed by atoms with Gasteiger partial charge in [0.25, 0.3) is 0 Å². The van der Waals surface area contributed by atoms with Crippen molar-refractivity contribution in [3.8, 4) is 5.75 Å². The minimum absolute atomic E-state index is 0.0901. The normalized spacial score (nSPS) is 10.3. The Labute approximate surface area is 81.8 Å². The van der Waals surface area contributed by atoms with Crippen molar-refractivity contribution in [2.75, 3.05) is 5.73 Å². The van der Waals surface area contributed by atoms with Gasteiger partial charge < -0.3 is 10.5 Å². The molecule has 0 saturated carbocycles. The summed E-state index contributed by atoms with van der Waals surface area (Å²) in [6.45, 7) is 1.45. The molecule has 0 aliphatic heterocycles. The molecule has 0 unspecified atom stereocenters. The van der Waals surface area contributed by atoms with Crippen molar-refractivity contribution < 1.29 is 9.53 Å². The van der Waals surface area contributed by atoms with Crippen LogP contribution in [0.2, 0.25) is 0 Å². The molecule has 0 bridgehead atoms. The Balaban J connectivity index is 3.01. The van der Waals surface area contributed by atoms with Gasteiger partial charge in [0.15, 0.2) is 5.78 Å². The highest BCUT2D eigenvalue weighted by atomic mass is 16.5. The number of hydrogen-bond donors (Lipinski definition) is 3. The summed E-state index contributed by atoms with van der Waals surface area (Å²) in [5, 5.41) is 0. The summed E-state index contributed by atoms with van der Waals surface area (Å²) >= 11 is 0. The van der Waals surface area contributed by atoms with E-state index in [1.807, 2.05) is 0 Å². The molecular weight excluding hydrogens is 182 g/mol. The largest absolute Gasteiger partial charge is 0.463 e. The van der Waals surface area contributed by atoms with Crippen LogP contribution in [0.15, 0.2) is 18.2 Å². The van der Waals surface area contributed by atoms with Crippen LogP contribution >= 0.6 is 0 Å². The molecule has 6 N–H and O–H groups in total. The molecule has 0 radical (unpaired) electrons. The van der Waals surface area contributed by atoms with Crippen LogP contribution in [0.5, 0.6) is 5.75 Å². The summed E-state index contributed by atoms with van der Waals surface area (Å²) < 4.78 is 5.01. The number of nitrogens with two attached hydrogens (primary N) is 3. The SMILES string of the molecule is CC(=O)c1cc(N)cc(OC(N)N)c1. The minimum atomic E-state index is -0.920. The van der Waals surface area contributed by atoms with E-state index in [2.05, 4.69) is 0 Å². The molecule has 0 aromatic heterocycles. The lowest BCUT2D eigenvalue weighted by Gasteiger charge is -2.10. The average Bonchev–Trinajstić information content (AvgIpc) is 2.01. The third kappa shape index (κ3) is 2.72. The number of rotatable bonds is 3. The van der Waals surface area contributed by atoms with Gasteiger partial charge in [-0.1, -0.05) is 0 Å². The lowest BCUT2D eigenvalue weighted by atomic mass is 10.1. The molecule has 1 aromatic carbocycles. The van der Waals surface area contributed by atoms with E-state index in [1.54, 1.807) is 18.2 Å². The van der Waals surface area contributed by atoms with E-state index < -0.39 is 6.35 Å². The molecule has 0 amide bonds. The quantitative estimate of drug-likeness (QED) is 0.359.